The number of hydrogen-bond donors (Lipinski definition) is 1. The number of fused-ring (bicyclic) bond motifs is 1. The zero-order valence-corrected chi connectivity index (χ0v) is 15.4. The van der Waals surface area contributed by atoms with E-state index in [4.69, 9.17) is 9.15 Å². The van der Waals surface area contributed by atoms with Gasteiger partial charge in [-0.05, 0) is 50.0 Å². The van der Waals surface area contributed by atoms with Crippen LogP contribution in [0.1, 0.15) is 29.1 Å². The fourth-order valence-corrected chi connectivity index (χ4v) is 3.06. The van der Waals surface area contributed by atoms with Crippen molar-refractivity contribution in [1.29, 1.82) is 0 Å². The quantitative estimate of drug-likeness (QED) is 0.701. The van der Waals surface area contributed by atoms with Crippen LogP contribution in [0.25, 0.3) is 10.8 Å². The molecule has 136 valence electrons. The van der Waals surface area contributed by atoms with E-state index in [2.05, 4.69) is 5.32 Å². The molecular formula is C21H24N2O3. The van der Waals surface area contributed by atoms with Crippen LogP contribution < -0.4 is 10.1 Å². The minimum absolute atomic E-state index is 0.0422. The van der Waals surface area contributed by atoms with Crippen LogP contribution in [-0.4, -0.2) is 38.1 Å². The first-order chi connectivity index (χ1) is 12.6. The van der Waals surface area contributed by atoms with E-state index in [1.54, 1.807) is 6.26 Å². The van der Waals surface area contributed by atoms with Gasteiger partial charge in [-0.1, -0.05) is 30.3 Å². The molecular weight excluding hydrogens is 328 g/mol. The van der Waals surface area contributed by atoms with Gasteiger partial charge in [0, 0.05) is 6.54 Å². The molecule has 1 amide bonds. The molecule has 0 bridgehead atoms. The summed E-state index contributed by atoms with van der Waals surface area (Å²) in [5.74, 6) is 1.27. The lowest BCUT2D eigenvalue weighted by Crippen LogP contribution is -2.34. The van der Waals surface area contributed by atoms with Gasteiger partial charge in [-0.3, -0.25) is 9.69 Å². The first kappa shape index (κ1) is 18.0. The van der Waals surface area contributed by atoms with E-state index in [1.165, 1.54) is 0 Å². The second-order valence-corrected chi connectivity index (χ2v) is 6.30. The Morgan fingerprint density at radius 1 is 1.15 bits per heavy atom. The van der Waals surface area contributed by atoms with E-state index in [9.17, 15) is 4.79 Å². The molecule has 1 aromatic heterocycles. The lowest BCUT2D eigenvalue weighted by Gasteiger charge is -2.23. The molecule has 5 nitrogen and oxygen atoms in total. The summed E-state index contributed by atoms with van der Waals surface area (Å²) >= 11 is 0. The summed E-state index contributed by atoms with van der Waals surface area (Å²) in [6.45, 7) is 2.86. The Bertz CT molecular complexity index is 872. The van der Waals surface area contributed by atoms with Crippen LogP contribution in [0, 0.1) is 0 Å². The molecule has 0 aliphatic heterocycles. The van der Waals surface area contributed by atoms with Crippen molar-refractivity contribution in [2.75, 3.05) is 27.2 Å². The predicted octanol–water partition coefficient (Wildman–Crippen LogP) is 3.86. The van der Waals surface area contributed by atoms with Crippen LogP contribution in [-0.2, 0) is 0 Å². The van der Waals surface area contributed by atoms with Gasteiger partial charge in [0.15, 0.2) is 0 Å². The summed E-state index contributed by atoms with van der Waals surface area (Å²) in [4.78, 5) is 15.0. The van der Waals surface area contributed by atoms with Crippen molar-refractivity contribution >= 4 is 16.7 Å². The maximum atomic E-state index is 13.0. The molecule has 0 saturated carbocycles. The van der Waals surface area contributed by atoms with Crippen molar-refractivity contribution in [3.8, 4) is 5.75 Å². The Kier molecular flexibility index (Phi) is 5.58. The van der Waals surface area contributed by atoms with Crippen LogP contribution in [0.5, 0.6) is 5.75 Å². The first-order valence-electron chi connectivity index (χ1n) is 8.74. The van der Waals surface area contributed by atoms with Gasteiger partial charge in [0.05, 0.1) is 24.5 Å². The fourth-order valence-electron chi connectivity index (χ4n) is 3.06. The number of ether oxygens (including phenoxy) is 1. The molecule has 0 spiro atoms. The summed E-state index contributed by atoms with van der Waals surface area (Å²) in [5.41, 5.74) is 0.571. The highest BCUT2D eigenvalue weighted by Crippen LogP contribution is 2.28. The monoisotopic (exact) mass is 352 g/mol. The van der Waals surface area contributed by atoms with Gasteiger partial charge in [-0.25, -0.2) is 0 Å². The number of hydrogen-bond acceptors (Lipinski definition) is 4. The second kappa shape index (κ2) is 8.06. The summed E-state index contributed by atoms with van der Waals surface area (Å²) in [7, 11) is 3.92. The molecule has 3 rings (SSSR count). The highest BCUT2D eigenvalue weighted by atomic mass is 16.5. The van der Waals surface area contributed by atoms with E-state index >= 15 is 0 Å². The molecule has 1 atom stereocenters. The van der Waals surface area contributed by atoms with Gasteiger partial charge < -0.3 is 14.5 Å². The molecule has 5 heteroatoms. The van der Waals surface area contributed by atoms with Crippen LogP contribution in [0.3, 0.4) is 0 Å². The van der Waals surface area contributed by atoms with E-state index in [-0.39, 0.29) is 11.9 Å². The number of likely N-dealkylation sites (N-methyl/N-ethyl adjacent to an activating group) is 1. The van der Waals surface area contributed by atoms with Gasteiger partial charge in [0.25, 0.3) is 5.91 Å². The topological polar surface area (TPSA) is 54.7 Å². The van der Waals surface area contributed by atoms with Gasteiger partial charge in [-0.2, -0.15) is 0 Å². The number of rotatable bonds is 7. The number of amides is 1. The lowest BCUT2D eigenvalue weighted by atomic mass is 10.0. The molecule has 0 saturated heterocycles. The van der Waals surface area contributed by atoms with Crippen LogP contribution in [0.15, 0.2) is 59.2 Å². The molecule has 26 heavy (non-hydrogen) atoms. The summed E-state index contributed by atoms with van der Waals surface area (Å²) in [5, 5.41) is 4.93. The van der Waals surface area contributed by atoms with E-state index in [0.717, 1.165) is 16.5 Å². The summed E-state index contributed by atoms with van der Waals surface area (Å²) < 4.78 is 11.2. The molecule has 0 radical (unpaired) electrons. The molecule has 0 aliphatic rings. The van der Waals surface area contributed by atoms with Crippen LogP contribution in [0.4, 0.5) is 0 Å². The molecule has 1 N–H and O–H groups in total. The molecule has 3 aromatic rings. The highest BCUT2D eigenvalue weighted by molar-refractivity contribution is 6.09. The number of furan rings is 1. The third-order valence-corrected chi connectivity index (χ3v) is 4.37. The van der Waals surface area contributed by atoms with Crippen molar-refractivity contribution in [2.45, 2.75) is 13.0 Å². The SMILES string of the molecule is CCOc1ccc2ccccc2c1C(=O)NCC(c1ccco1)N(C)C. The third kappa shape index (κ3) is 3.73. The average molecular weight is 352 g/mol. The molecule has 2 aromatic carbocycles. The zero-order valence-electron chi connectivity index (χ0n) is 15.4. The van der Waals surface area contributed by atoms with Crippen molar-refractivity contribution in [3.05, 3.63) is 66.1 Å². The van der Waals surface area contributed by atoms with Crippen molar-refractivity contribution in [2.24, 2.45) is 0 Å². The predicted molar refractivity (Wildman–Crippen MR) is 103 cm³/mol. The Morgan fingerprint density at radius 3 is 2.65 bits per heavy atom. The Labute approximate surface area is 153 Å². The molecule has 0 fully saturated rings. The van der Waals surface area contributed by atoms with Crippen LogP contribution in [0.2, 0.25) is 0 Å². The molecule has 1 heterocycles. The Morgan fingerprint density at radius 2 is 1.96 bits per heavy atom. The molecule has 0 aliphatic carbocycles. The zero-order chi connectivity index (χ0) is 18.5. The Balaban J connectivity index is 1.88. The summed E-state index contributed by atoms with van der Waals surface area (Å²) in [6.07, 6.45) is 1.64. The van der Waals surface area contributed by atoms with Crippen molar-refractivity contribution < 1.29 is 13.9 Å². The summed E-state index contributed by atoms with van der Waals surface area (Å²) in [6, 6.07) is 15.4. The maximum absolute atomic E-state index is 13.0. The number of nitrogens with one attached hydrogen (secondary N) is 1. The first-order valence-corrected chi connectivity index (χ1v) is 8.74. The highest BCUT2D eigenvalue weighted by Gasteiger charge is 2.21. The van der Waals surface area contributed by atoms with E-state index < -0.39 is 0 Å². The fraction of sp³-hybridized carbons (Fsp3) is 0.286. The van der Waals surface area contributed by atoms with Crippen molar-refractivity contribution in [3.63, 3.8) is 0 Å². The maximum Gasteiger partial charge on any atom is 0.255 e. The third-order valence-electron chi connectivity index (χ3n) is 4.37. The smallest absolute Gasteiger partial charge is 0.255 e. The largest absolute Gasteiger partial charge is 0.493 e. The number of nitrogens with zero attached hydrogens (tertiary/aromatic N) is 1. The van der Waals surface area contributed by atoms with E-state index in [1.807, 2.05) is 74.4 Å². The normalized spacial score (nSPS) is 12.3. The minimum Gasteiger partial charge on any atom is -0.493 e. The van der Waals surface area contributed by atoms with Gasteiger partial charge in [0.2, 0.25) is 0 Å². The van der Waals surface area contributed by atoms with Gasteiger partial charge >= 0.3 is 0 Å². The average Bonchev–Trinajstić information content (AvgIpc) is 3.15. The second-order valence-electron chi connectivity index (χ2n) is 6.30. The standard InChI is InChI=1S/C21H24N2O3/c1-4-25-19-12-11-15-8-5-6-9-16(15)20(19)21(24)22-14-17(23(2)3)18-10-7-13-26-18/h5-13,17H,4,14H2,1-3H3,(H,22,24). The van der Waals surface area contributed by atoms with Gasteiger partial charge in [0.1, 0.15) is 11.5 Å². The van der Waals surface area contributed by atoms with Gasteiger partial charge in [-0.15, -0.1) is 0 Å². The molecule has 1 unspecified atom stereocenters. The lowest BCUT2D eigenvalue weighted by molar-refractivity contribution is 0.0937. The van der Waals surface area contributed by atoms with E-state index in [0.29, 0.717) is 24.5 Å². The number of carbonyl (C=O) groups excluding carboxylic acids is 1. The Hall–Kier alpha value is -2.79. The minimum atomic E-state index is -0.149. The number of benzene rings is 2. The van der Waals surface area contributed by atoms with Crippen molar-refractivity contribution in [1.82, 2.24) is 10.2 Å². The number of carbonyl (C=O) groups is 1. The van der Waals surface area contributed by atoms with Crippen LogP contribution >= 0.6 is 0 Å².